The summed E-state index contributed by atoms with van der Waals surface area (Å²) in [5, 5.41) is 3.21. The summed E-state index contributed by atoms with van der Waals surface area (Å²) in [6, 6.07) is 5.29. The van der Waals surface area contributed by atoms with Crippen molar-refractivity contribution in [2.75, 3.05) is 53.5 Å². The number of esters is 1. The number of unbranched alkanes of at least 4 members (excludes halogenated alkanes) is 3. The van der Waals surface area contributed by atoms with Crippen molar-refractivity contribution in [1.29, 1.82) is 0 Å². The predicted molar refractivity (Wildman–Crippen MR) is 131 cm³/mol. The number of benzene rings is 1. The van der Waals surface area contributed by atoms with E-state index in [1.54, 1.807) is 4.90 Å². The van der Waals surface area contributed by atoms with Gasteiger partial charge in [0.25, 0.3) is 0 Å². The maximum Gasteiger partial charge on any atom is 0.320 e. The average molecular weight is 476 g/mol. The van der Waals surface area contributed by atoms with Crippen LogP contribution in [0, 0.1) is 0 Å². The molecule has 0 bridgehead atoms. The lowest BCUT2D eigenvalue weighted by Gasteiger charge is -2.32. The van der Waals surface area contributed by atoms with Crippen molar-refractivity contribution in [3.05, 3.63) is 23.8 Å². The molecule has 34 heavy (non-hydrogen) atoms. The average Bonchev–Trinajstić information content (AvgIpc) is 3.32. The summed E-state index contributed by atoms with van der Waals surface area (Å²) in [7, 11) is 3.67. The lowest BCUT2D eigenvalue weighted by Crippen LogP contribution is -2.48. The Kier molecular flexibility index (Phi) is 10.5. The van der Waals surface area contributed by atoms with Crippen molar-refractivity contribution in [3.8, 4) is 11.5 Å². The Bertz CT molecular complexity index is 795. The van der Waals surface area contributed by atoms with Gasteiger partial charge in [0, 0.05) is 13.0 Å². The standard InChI is InChI=1S/C26H41N3O5/c1-4-5-6-7-10-24(30)27-21(18-29-13-8-9-14-29)26(34-25(31)19-28(2)3)20-11-12-22-23(17-20)33-16-15-32-22/h11-12,17,21,26H,4-10,13-16,18-19H2,1-3H3,(H,27,30)/t21-,26-/m1/s1. The molecular weight excluding hydrogens is 434 g/mol. The molecule has 0 radical (unpaired) electrons. The number of carbonyl (C=O) groups excluding carboxylic acids is 2. The molecule has 2 aliphatic rings. The van der Waals surface area contributed by atoms with E-state index in [1.807, 2.05) is 32.3 Å². The van der Waals surface area contributed by atoms with Crippen LogP contribution in [0.5, 0.6) is 11.5 Å². The fourth-order valence-corrected chi connectivity index (χ4v) is 4.51. The molecule has 3 rings (SSSR count). The number of rotatable bonds is 13. The summed E-state index contributed by atoms with van der Waals surface area (Å²) in [6.45, 7) is 5.93. The van der Waals surface area contributed by atoms with Crippen LogP contribution in [0.2, 0.25) is 0 Å². The molecule has 1 aromatic rings. The molecule has 2 atom stereocenters. The van der Waals surface area contributed by atoms with Gasteiger partial charge in [-0.15, -0.1) is 0 Å². The quantitative estimate of drug-likeness (QED) is 0.347. The number of hydrogen-bond donors (Lipinski definition) is 1. The van der Waals surface area contributed by atoms with Gasteiger partial charge in [-0.3, -0.25) is 14.5 Å². The summed E-state index contributed by atoms with van der Waals surface area (Å²) in [5.74, 6) is 1.01. The Balaban J connectivity index is 1.83. The van der Waals surface area contributed by atoms with Gasteiger partial charge >= 0.3 is 5.97 Å². The number of likely N-dealkylation sites (N-methyl/N-ethyl adjacent to an activating group) is 1. The zero-order valence-corrected chi connectivity index (χ0v) is 21.0. The molecule has 0 aromatic heterocycles. The Morgan fingerprint density at radius 3 is 2.53 bits per heavy atom. The van der Waals surface area contributed by atoms with E-state index in [0.29, 0.717) is 37.7 Å². The first-order chi connectivity index (χ1) is 16.5. The van der Waals surface area contributed by atoms with Gasteiger partial charge in [0.15, 0.2) is 11.5 Å². The van der Waals surface area contributed by atoms with Crippen LogP contribution in [-0.2, 0) is 14.3 Å². The first-order valence-electron chi connectivity index (χ1n) is 12.7. The molecule has 0 saturated carbocycles. The molecule has 0 unspecified atom stereocenters. The maximum absolute atomic E-state index is 12.9. The Labute approximate surface area is 203 Å². The zero-order chi connectivity index (χ0) is 24.3. The van der Waals surface area contributed by atoms with Gasteiger partial charge in [0.1, 0.15) is 19.3 Å². The highest BCUT2D eigenvalue weighted by Crippen LogP contribution is 2.35. The second-order valence-electron chi connectivity index (χ2n) is 9.54. The molecule has 1 amide bonds. The smallest absolute Gasteiger partial charge is 0.320 e. The van der Waals surface area contributed by atoms with E-state index in [2.05, 4.69) is 17.1 Å². The van der Waals surface area contributed by atoms with Gasteiger partial charge in [-0.1, -0.05) is 32.3 Å². The van der Waals surface area contributed by atoms with E-state index in [-0.39, 0.29) is 24.5 Å². The molecular formula is C26H41N3O5. The predicted octanol–water partition coefficient (Wildman–Crippen LogP) is 3.15. The third-order valence-electron chi connectivity index (χ3n) is 6.22. The molecule has 8 nitrogen and oxygen atoms in total. The topological polar surface area (TPSA) is 80.3 Å². The molecule has 0 spiro atoms. The normalized spacial score (nSPS) is 17.4. The van der Waals surface area contributed by atoms with Gasteiger partial charge in [-0.2, -0.15) is 0 Å². The van der Waals surface area contributed by atoms with E-state index in [9.17, 15) is 9.59 Å². The highest BCUT2D eigenvalue weighted by molar-refractivity contribution is 5.76. The third kappa shape index (κ3) is 8.17. The summed E-state index contributed by atoms with van der Waals surface area (Å²) < 4.78 is 17.5. The maximum atomic E-state index is 12.9. The summed E-state index contributed by atoms with van der Waals surface area (Å²) in [6.07, 6.45) is 6.33. The van der Waals surface area contributed by atoms with Crippen molar-refractivity contribution >= 4 is 11.9 Å². The van der Waals surface area contributed by atoms with Gasteiger partial charge in [-0.05, 0) is 64.1 Å². The molecule has 1 aromatic carbocycles. The zero-order valence-electron chi connectivity index (χ0n) is 21.0. The number of fused-ring (bicyclic) bond motifs is 1. The van der Waals surface area contributed by atoms with Crippen molar-refractivity contribution < 1.29 is 23.8 Å². The molecule has 0 aliphatic carbocycles. The second-order valence-corrected chi connectivity index (χ2v) is 9.54. The fraction of sp³-hybridized carbons (Fsp3) is 0.692. The number of ether oxygens (including phenoxy) is 3. The van der Waals surface area contributed by atoms with Crippen LogP contribution < -0.4 is 14.8 Å². The van der Waals surface area contributed by atoms with E-state index in [1.165, 1.54) is 0 Å². The number of amides is 1. The molecule has 8 heteroatoms. The molecule has 1 N–H and O–H groups in total. The van der Waals surface area contributed by atoms with Crippen molar-refractivity contribution in [3.63, 3.8) is 0 Å². The highest BCUT2D eigenvalue weighted by Gasteiger charge is 2.32. The molecule has 190 valence electrons. The van der Waals surface area contributed by atoms with E-state index >= 15 is 0 Å². The summed E-state index contributed by atoms with van der Waals surface area (Å²) in [5.41, 5.74) is 0.798. The van der Waals surface area contributed by atoms with Crippen molar-refractivity contribution in [2.45, 2.75) is 64.0 Å². The van der Waals surface area contributed by atoms with Crippen LogP contribution >= 0.6 is 0 Å². The summed E-state index contributed by atoms with van der Waals surface area (Å²) >= 11 is 0. The number of likely N-dealkylation sites (tertiary alicyclic amines) is 1. The fourth-order valence-electron chi connectivity index (χ4n) is 4.51. The molecule has 1 fully saturated rings. The molecule has 1 saturated heterocycles. The first-order valence-corrected chi connectivity index (χ1v) is 12.7. The second kappa shape index (κ2) is 13.5. The minimum Gasteiger partial charge on any atom is -0.486 e. The minimum absolute atomic E-state index is 0.00602. The van der Waals surface area contributed by atoms with Crippen LogP contribution in [0.15, 0.2) is 18.2 Å². The third-order valence-corrected chi connectivity index (χ3v) is 6.22. The lowest BCUT2D eigenvalue weighted by molar-refractivity contribution is -0.153. The van der Waals surface area contributed by atoms with Crippen molar-refractivity contribution in [2.24, 2.45) is 0 Å². The monoisotopic (exact) mass is 475 g/mol. The minimum atomic E-state index is -0.622. The molecule has 2 heterocycles. The van der Waals surface area contributed by atoms with Gasteiger partial charge in [0.2, 0.25) is 5.91 Å². The SMILES string of the molecule is CCCCCCC(=O)N[C@H](CN1CCCC1)[C@H](OC(=O)CN(C)C)c1ccc2c(c1)OCCO2. The largest absolute Gasteiger partial charge is 0.486 e. The Morgan fingerprint density at radius 2 is 1.82 bits per heavy atom. The van der Waals surface area contributed by atoms with E-state index in [4.69, 9.17) is 14.2 Å². The van der Waals surface area contributed by atoms with E-state index in [0.717, 1.165) is 57.2 Å². The van der Waals surface area contributed by atoms with Gasteiger partial charge in [-0.25, -0.2) is 0 Å². The van der Waals surface area contributed by atoms with Crippen LogP contribution in [0.1, 0.15) is 63.5 Å². The van der Waals surface area contributed by atoms with Crippen LogP contribution in [0.3, 0.4) is 0 Å². The number of carbonyl (C=O) groups is 2. The number of nitrogens with one attached hydrogen (secondary N) is 1. The Morgan fingerprint density at radius 1 is 1.09 bits per heavy atom. The first kappa shape index (κ1) is 26.3. The van der Waals surface area contributed by atoms with Crippen molar-refractivity contribution in [1.82, 2.24) is 15.1 Å². The highest BCUT2D eigenvalue weighted by atomic mass is 16.6. The number of hydrogen-bond acceptors (Lipinski definition) is 7. The van der Waals surface area contributed by atoms with Crippen LogP contribution in [0.4, 0.5) is 0 Å². The van der Waals surface area contributed by atoms with E-state index < -0.39 is 6.10 Å². The van der Waals surface area contributed by atoms with Gasteiger partial charge in [0.05, 0.1) is 12.6 Å². The molecule has 2 aliphatic heterocycles. The summed E-state index contributed by atoms with van der Waals surface area (Å²) in [4.78, 5) is 29.8. The number of nitrogens with zero attached hydrogens (tertiary/aromatic N) is 2. The van der Waals surface area contributed by atoms with Crippen LogP contribution in [0.25, 0.3) is 0 Å². The van der Waals surface area contributed by atoms with Crippen LogP contribution in [-0.4, -0.2) is 81.2 Å². The lowest BCUT2D eigenvalue weighted by atomic mass is 10.00. The Hall–Kier alpha value is -2.32. The van der Waals surface area contributed by atoms with Gasteiger partial charge < -0.3 is 24.4 Å².